The van der Waals surface area contributed by atoms with Crippen LogP contribution in [-0.4, -0.2) is 22.1 Å². The Hall–Kier alpha value is -1.35. The van der Waals surface area contributed by atoms with E-state index in [2.05, 4.69) is 46.9 Å². The minimum atomic E-state index is 0.723. The number of para-hydroxylation sites is 2. The largest absolute Gasteiger partial charge is 0.331 e. The molecular weight excluding hydrogens is 258 g/mol. The number of aromatic nitrogens is 2. The van der Waals surface area contributed by atoms with Crippen molar-refractivity contribution in [3.63, 3.8) is 0 Å². The second-order valence-electron chi connectivity index (χ2n) is 6.74. The molecule has 3 unspecified atom stereocenters. The van der Waals surface area contributed by atoms with Crippen molar-refractivity contribution < 1.29 is 0 Å². The van der Waals surface area contributed by atoms with Crippen LogP contribution in [0.1, 0.15) is 39.5 Å². The first-order chi connectivity index (χ1) is 10.2. The van der Waals surface area contributed by atoms with Gasteiger partial charge in [0.2, 0.25) is 0 Å². The van der Waals surface area contributed by atoms with Gasteiger partial charge in [0.15, 0.2) is 0 Å². The van der Waals surface area contributed by atoms with E-state index in [4.69, 9.17) is 0 Å². The van der Waals surface area contributed by atoms with Crippen molar-refractivity contribution in [3.8, 4) is 0 Å². The maximum absolute atomic E-state index is 4.45. The van der Waals surface area contributed by atoms with E-state index in [0.717, 1.165) is 36.5 Å². The zero-order valence-electron chi connectivity index (χ0n) is 13.3. The number of fused-ring (bicyclic) bond motifs is 1. The first-order valence-corrected chi connectivity index (χ1v) is 8.37. The maximum atomic E-state index is 4.45. The van der Waals surface area contributed by atoms with E-state index in [1.165, 1.54) is 31.2 Å². The molecule has 2 aromatic rings. The third-order valence-electron chi connectivity index (χ3n) is 4.94. The molecule has 1 aliphatic carbocycles. The molecule has 1 aliphatic rings. The Balaban J connectivity index is 1.46. The summed E-state index contributed by atoms with van der Waals surface area (Å²) in [4.78, 5) is 4.45. The molecule has 0 bridgehead atoms. The zero-order chi connectivity index (χ0) is 14.7. The number of hydrogen-bond donors (Lipinski definition) is 1. The third-order valence-corrected chi connectivity index (χ3v) is 4.94. The van der Waals surface area contributed by atoms with Crippen LogP contribution >= 0.6 is 0 Å². The van der Waals surface area contributed by atoms with Crippen LogP contribution in [0.2, 0.25) is 0 Å². The quantitative estimate of drug-likeness (QED) is 0.846. The average molecular weight is 285 g/mol. The summed E-state index contributed by atoms with van der Waals surface area (Å²) in [5.74, 6) is 1.73. The van der Waals surface area contributed by atoms with Gasteiger partial charge in [-0.1, -0.05) is 26.0 Å². The lowest BCUT2D eigenvalue weighted by atomic mass is 9.80. The highest BCUT2D eigenvalue weighted by atomic mass is 15.0. The molecule has 3 heteroatoms. The highest BCUT2D eigenvalue weighted by Crippen LogP contribution is 2.28. The SMILES string of the molecule is CC1CCC(NCCCn2cnc3ccccc32)C(C)C1. The van der Waals surface area contributed by atoms with Gasteiger partial charge in [0.05, 0.1) is 17.4 Å². The Bertz CT molecular complexity index is 575. The molecule has 1 saturated carbocycles. The summed E-state index contributed by atoms with van der Waals surface area (Å²) >= 11 is 0. The summed E-state index contributed by atoms with van der Waals surface area (Å²) in [5.41, 5.74) is 2.35. The van der Waals surface area contributed by atoms with Crippen LogP contribution in [0.3, 0.4) is 0 Å². The van der Waals surface area contributed by atoms with E-state index >= 15 is 0 Å². The molecule has 114 valence electrons. The summed E-state index contributed by atoms with van der Waals surface area (Å²) < 4.78 is 2.27. The van der Waals surface area contributed by atoms with Crippen molar-refractivity contribution in [3.05, 3.63) is 30.6 Å². The molecule has 21 heavy (non-hydrogen) atoms. The van der Waals surface area contributed by atoms with Gasteiger partial charge in [-0.25, -0.2) is 4.98 Å². The molecule has 1 N–H and O–H groups in total. The molecular formula is C18H27N3. The molecule has 1 heterocycles. The van der Waals surface area contributed by atoms with E-state index in [9.17, 15) is 0 Å². The highest BCUT2D eigenvalue weighted by molar-refractivity contribution is 5.74. The molecule has 3 rings (SSSR count). The molecule has 0 radical (unpaired) electrons. The van der Waals surface area contributed by atoms with Crippen molar-refractivity contribution in [2.24, 2.45) is 11.8 Å². The number of nitrogens with zero attached hydrogens (tertiary/aromatic N) is 2. The Morgan fingerprint density at radius 1 is 1.24 bits per heavy atom. The second-order valence-corrected chi connectivity index (χ2v) is 6.74. The lowest BCUT2D eigenvalue weighted by Crippen LogP contribution is -2.39. The van der Waals surface area contributed by atoms with E-state index in [-0.39, 0.29) is 0 Å². The molecule has 1 aromatic carbocycles. The maximum Gasteiger partial charge on any atom is 0.0958 e. The summed E-state index contributed by atoms with van der Waals surface area (Å²) in [6.45, 7) is 6.94. The molecule has 3 nitrogen and oxygen atoms in total. The van der Waals surface area contributed by atoms with Crippen LogP contribution in [-0.2, 0) is 6.54 Å². The average Bonchev–Trinajstić information content (AvgIpc) is 2.89. The second kappa shape index (κ2) is 6.61. The summed E-state index contributed by atoms with van der Waals surface area (Å²) in [6.07, 6.45) is 7.24. The van der Waals surface area contributed by atoms with Gasteiger partial charge in [-0.2, -0.15) is 0 Å². The van der Waals surface area contributed by atoms with Crippen molar-refractivity contribution >= 4 is 11.0 Å². The van der Waals surface area contributed by atoms with E-state index in [1.807, 2.05) is 12.4 Å². The van der Waals surface area contributed by atoms with Gasteiger partial charge >= 0.3 is 0 Å². The minimum Gasteiger partial charge on any atom is -0.331 e. The predicted molar refractivity (Wildman–Crippen MR) is 88.3 cm³/mol. The number of hydrogen-bond acceptors (Lipinski definition) is 2. The van der Waals surface area contributed by atoms with Gasteiger partial charge in [0.1, 0.15) is 0 Å². The fourth-order valence-electron chi connectivity index (χ4n) is 3.69. The number of aryl methyl sites for hydroxylation is 1. The van der Waals surface area contributed by atoms with Crippen LogP contribution in [0.5, 0.6) is 0 Å². The predicted octanol–water partition coefficient (Wildman–Crippen LogP) is 3.84. The van der Waals surface area contributed by atoms with Crippen LogP contribution in [0, 0.1) is 11.8 Å². The smallest absolute Gasteiger partial charge is 0.0958 e. The molecule has 0 amide bonds. The topological polar surface area (TPSA) is 29.9 Å². The van der Waals surface area contributed by atoms with E-state index in [0.29, 0.717) is 0 Å². The monoisotopic (exact) mass is 285 g/mol. The first-order valence-electron chi connectivity index (χ1n) is 8.37. The molecule has 0 aliphatic heterocycles. The first kappa shape index (κ1) is 14.6. The molecule has 3 atom stereocenters. The fraction of sp³-hybridized carbons (Fsp3) is 0.611. The van der Waals surface area contributed by atoms with Crippen LogP contribution < -0.4 is 5.32 Å². The van der Waals surface area contributed by atoms with Crippen LogP contribution in [0.25, 0.3) is 11.0 Å². The van der Waals surface area contributed by atoms with Crippen molar-refractivity contribution in [2.45, 2.75) is 52.1 Å². The van der Waals surface area contributed by atoms with Gasteiger partial charge in [-0.3, -0.25) is 0 Å². The van der Waals surface area contributed by atoms with Crippen molar-refractivity contribution in [1.29, 1.82) is 0 Å². The van der Waals surface area contributed by atoms with Gasteiger partial charge < -0.3 is 9.88 Å². The molecule has 1 fully saturated rings. The molecule has 0 spiro atoms. The van der Waals surface area contributed by atoms with E-state index < -0.39 is 0 Å². The van der Waals surface area contributed by atoms with Crippen molar-refractivity contribution in [1.82, 2.24) is 14.9 Å². The minimum absolute atomic E-state index is 0.723. The number of imidazole rings is 1. The Morgan fingerprint density at radius 2 is 2.10 bits per heavy atom. The Kier molecular flexibility index (Phi) is 4.59. The highest BCUT2D eigenvalue weighted by Gasteiger charge is 2.24. The van der Waals surface area contributed by atoms with Crippen LogP contribution in [0.4, 0.5) is 0 Å². The lowest BCUT2D eigenvalue weighted by molar-refractivity contribution is 0.227. The summed E-state index contributed by atoms with van der Waals surface area (Å²) in [6, 6.07) is 9.09. The number of nitrogens with one attached hydrogen (secondary N) is 1. The summed E-state index contributed by atoms with van der Waals surface area (Å²) in [5, 5.41) is 3.77. The fourth-order valence-corrected chi connectivity index (χ4v) is 3.69. The van der Waals surface area contributed by atoms with Gasteiger partial charge in [-0.05, 0) is 56.2 Å². The number of benzene rings is 1. The molecule has 1 aromatic heterocycles. The van der Waals surface area contributed by atoms with Gasteiger partial charge in [0.25, 0.3) is 0 Å². The van der Waals surface area contributed by atoms with Crippen LogP contribution in [0.15, 0.2) is 30.6 Å². The number of rotatable bonds is 5. The molecule has 0 saturated heterocycles. The standard InChI is InChI=1S/C18H27N3/c1-14-8-9-16(15(2)12-14)19-10-5-11-21-13-20-17-6-3-4-7-18(17)21/h3-4,6-7,13-16,19H,5,8-12H2,1-2H3. The Morgan fingerprint density at radius 3 is 2.95 bits per heavy atom. The lowest BCUT2D eigenvalue weighted by Gasteiger charge is -2.33. The third kappa shape index (κ3) is 3.46. The van der Waals surface area contributed by atoms with Gasteiger partial charge in [-0.15, -0.1) is 0 Å². The Labute approximate surface area is 127 Å². The zero-order valence-corrected chi connectivity index (χ0v) is 13.3. The van der Waals surface area contributed by atoms with Crippen molar-refractivity contribution in [2.75, 3.05) is 6.54 Å². The summed E-state index contributed by atoms with van der Waals surface area (Å²) in [7, 11) is 0. The van der Waals surface area contributed by atoms with Gasteiger partial charge in [0, 0.05) is 12.6 Å². The van der Waals surface area contributed by atoms with E-state index in [1.54, 1.807) is 0 Å². The normalized spacial score (nSPS) is 26.3.